The maximum absolute atomic E-state index is 14.2. The molecule has 2 aliphatic rings. The molecule has 0 spiro atoms. The van der Waals surface area contributed by atoms with Crippen LogP contribution in [-0.4, -0.2) is 36.3 Å². The first-order chi connectivity index (χ1) is 14.3. The number of halogens is 1. The summed E-state index contributed by atoms with van der Waals surface area (Å²) in [5, 5.41) is 3.44. The number of rotatable bonds is 2. The number of carbonyl (C=O) groups excluding carboxylic acids is 1. The van der Waals surface area contributed by atoms with E-state index in [1.54, 1.807) is 17.0 Å². The summed E-state index contributed by atoms with van der Waals surface area (Å²) in [6.07, 6.45) is 1.47. The summed E-state index contributed by atoms with van der Waals surface area (Å²) in [5.41, 5.74) is 2.16. The molecule has 2 heterocycles. The molecule has 2 aliphatic heterocycles. The third-order valence-electron chi connectivity index (χ3n) is 5.64. The fraction of sp³-hybridized carbons (Fsp3) is 0.458. The third-order valence-corrected chi connectivity index (χ3v) is 5.64. The number of amides is 1. The topological polar surface area (TPSA) is 50.8 Å². The molecule has 1 fully saturated rings. The molecule has 0 radical (unpaired) electrons. The van der Waals surface area contributed by atoms with E-state index in [1.807, 2.05) is 39.0 Å². The molecule has 0 saturated carbocycles. The van der Waals surface area contributed by atoms with Crippen LogP contribution >= 0.6 is 0 Å². The molecule has 1 unspecified atom stereocenters. The first kappa shape index (κ1) is 20.5. The Balaban J connectivity index is 1.45. The van der Waals surface area contributed by atoms with Gasteiger partial charge in [-0.1, -0.05) is 30.3 Å². The number of nitrogens with one attached hydrogen (secondary N) is 1. The standard InChI is InChI=1S/C24H29FN2O3/c1-24(2,3)30-23(28)27-13-11-16(12-14-27)17-8-6-10-20-22(17)29-15-21(26-20)18-7-4-5-9-19(18)25/h4-10,16,21,26H,11-15H2,1-3H3. The Labute approximate surface area is 177 Å². The minimum atomic E-state index is -0.485. The van der Waals surface area contributed by atoms with Crippen LogP contribution in [0.2, 0.25) is 0 Å². The van der Waals surface area contributed by atoms with E-state index in [9.17, 15) is 9.18 Å². The van der Waals surface area contributed by atoms with Crippen LogP contribution < -0.4 is 10.1 Å². The van der Waals surface area contributed by atoms with Crippen LogP contribution in [0.5, 0.6) is 5.75 Å². The monoisotopic (exact) mass is 412 g/mol. The quantitative estimate of drug-likeness (QED) is 0.709. The molecule has 1 N–H and O–H groups in total. The lowest BCUT2D eigenvalue weighted by molar-refractivity contribution is 0.0204. The second kappa shape index (κ2) is 8.17. The van der Waals surface area contributed by atoms with Crippen molar-refractivity contribution in [3.8, 4) is 5.75 Å². The number of piperidine rings is 1. The smallest absolute Gasteiger partial charge is 0.410 e. The van der Waals surface area contributed by atoms with E-state index in [0.29, 0.717) is 31.2 Å². The Morgan fingerprint density at radius 3 is 2.50 bits per heavy atom. The molecule has 0 aliphatic carbocycles. The first-order valence-electron chi connectivity index (χ1n) is 10.6. The summed E-state index contributed by atoms with van der Waals surface area (Å²) in [6.45, 7) is 7.34. The molecule has 2 aromatic rings. The van der Waals surface area contributed by atoms with E-state index in [1.165, 1.54) is 6.07 Å². The summed E-state index contributed by atoms with van der Waals surface area (Å²) >= 11 is 0. The second-order valence-electron chi connectivity index (χ2n) is 9.00. The zero-order valence-electron chi connectivity index (χ0n) is 17.8. The van der Waals surface area contributed by atoms with Crippen LogP contribution in [0, 0.1) is 5.82 Å². The summed E-state index contributed by atoms with van der Waals surface area (Å²) < 4.78 is 25.8. The number of benzene rings is 2. The highest BCUT2D eigenvalue weighted by atomic mass is 19.1. The summed E-state index contributed by atoms with van der Waals surface area (Å²) in [5.74, 6) is 0.930. The van der Waals surface area contributed by atoms with Crippen molar-refractivity contribution >= 4 is 11.8 Å². The van der Waals surface area contributed by atoms with Gasteiger partial charge in [0.1, 0.15) is 23.8 Å². The maximum Gasteiger partial charge on any atom is 0.410 e. The lowest BCUT2D eigenvalue weighted by Crippen LogP contribution is -2.41. The van der Waals surface area contributed by atoms with Crippen molar-refractivity contribution in [2.24, 2.45) is 0 Å². The number of ether oxygens (including phenoxy) is 2. The molecule has 1 atom stereocenters. The van der Waals surface area contributed by atoms with Crippen LogP contribution in [0.15, 0.2) is 42.5 Å². The number of carbonyl (C=O) groups is 1. The van der Waals surface area contributed by atoms with E-state index in [-0.39, 0.29) is 18.0 Å². The highest BCUT2D eigenvalue weighted by molar-refractivity contribution is 5.68. The van der Waals surface area contributed by atoms with Gasteiger partial charge in [-0.2, -0.15) is 0 Å². The molecule has 160 valence electrons. The minimum Gasteiger partial charge on any atom is -0.489 e. The summed E-state index contributed by atoms with van der Waals surface area (Å²) in [7, 11) is 0. The van der Waals surface area contributed by atoms with Crippen molar-refractivity contribution in [3.05, 3.63) is 59.4 Å². The fourth-order valence-corrected chi connectivity index (χ4v) is 4.17. The summed E-state index contributed by atoms with van der Waals surface area (Å²) in [4.78, 5) is 14.1. The van der Waals surface area contributed by atoms with E-state index < -0.39 is 5.60 Å². The number of likely N-dealkylation sites (tertiary alicyclic amines) is 1. The molecular formula is C24H29FN2O3. The number of nitrogens with zero attached hydrogens (tertiary/aromatic N) is 1. The van der Waals surface area contributed by atoms with E-state index in [0.717, 1.165) is 29.8 Å². The predicted molar refractivity (Wildman–Crippen MR) is 114 cm³/mol. The van der Waals surface area contributed by atoms with Crippen LogP contribution in [0.25, 0.3) is 0 Å². The van der Waals surface area contributed by atoms with Gasteiger partial charge in [0.05, 0.1) is 11.7 Å². The Morgan fingerprint density at radius 2 is 1.80 bits per heavy atom. The van der Waals surface area contributed by atoms with Crippen LogP contribution in [-0.2, 0) is 4.74 Å². The van der Waals surface area contributed by atoms with Gasteiger partial charge < -0.3 is 19.7 Å². The molecule has 1 amide bonds. The van der Waals surface area contributed by atoms with Crippen molar-refractivity contribution in [2.45, 2.75) is 51.2 Å². The normalized spacial score (nSPS) is 19.5. The van der Waals surface area contributed by atoms with Crippen LogP contribution in [0.1, 0.15) is 56.7 Å². The molecule has 6 heteroatoms. The molecule has 5 nitrogen and oxygen atoms in total. The van der Waals surface area contributed by atoms with Gasteiger partial charge in [-0.05, 0) is 57.2 Å². The molecule has 1 saturated heterocycles. The van der Waals surface area contributed by atoms with E-state index in [2.05, 4.69) is 11.4 Å². The van der Waals surface area contributed by atoms with Gasteiger partial charge in [-0.25, -0.2) is 9.18 Å². The SMILES string of the molecule is CC(C)(C)OC(=O)N1CCC(c2cccc3c2OCC(c2ccccc2F)N3)CC1. The van der Waals surface area contributed by atoms with Gasteiger partial charge in [0.2, 0.25) is 0 Å². The average Bonchev–Trinajstić information content (AvgIpc) is 2.72. The van der Waals surface area contributed by atoms with Crippen molar-refractivity contribution in [1.29, 1.82) is 0 Å². The Hall–Kier alpha value is -2.76. The van der Waals surface area contributed by atoms with Gasteiger partial charge in [0.25, 0.3) is 0 Å². The Bertz CT molecular complexity index is 917. The zero-order chi connectivity index (χ0) is 21.3. The van der Waals surface area contributed by atoms with Crippen LogP contribution in [0.4, 0.5) is 14.9 Å². The Morgan fingerprint density at radius 1 is 1.10 bits per heavy atom. The van der Waals surface area contributed by atoms with Gasteiger partial charge in [0.15, 0.2) is 0 Å². The zero-order valence-corrected chi connectivity index (χ0v) is 17.8. The molecule has 30 heavy (non-hydrogen) atoms. The molecule has 0 bridgehead atoms. The fourth-order valence-electron chi connectivity index (χ4n) is 4.17. The van der Waals surface area contributed by atoms with E-state index >= 15 is 0 Å². The summed E-state index contributed by atoms with van der Waals surface area (Å²) in [6, 6.07) is 12.7. The van der Waals surface area contributed by atoms with E-state index in [4.69, 9.17) is 9.47 Å². The largest absolute Gasteiger partial charge is 0.489 e. The second-order valence-corrected chi connectivity index (χ2v) is 9.00. The molecule has 2 aromatic carbocycles. The Kier molecular flexibility index (Phi) is 5.58. The predicted octanol–water partition coefficient (Wildman–Crippen LogP) is 5.49. The van der Waals surface area contributed by atoms with Gasteiger partial charge >= 0.3 is 6.09 Å². The molecular weight excluding hydrogens is 383 g/mol. The van der Waals surface area contributed by atoms with Crippen molar-refractivity contribution in [1.82, 2.24) is 4.90 Å². The lowest BCUT2D eigenvalue weighted by atomic mass is 9.88. The lowest BCUT2D eigenvalue weighted by Gasteiger charge is -2.35. The number of para-hydroxylation sites is 1. The number of fused-ring (bicyclic) bond motifs is 1. The highest BCUT2D eigenvalue weighted by Gasteiger charge is 2.31. The average molecular weight is 413 g/mol. The maximum atomic E-state index is 14.2. The minimum absolute atomic E-state index is 0.219. The highest BCUT2D eigenvalue weighted by Crippen LogP contribution is 2.42. The van der Waals surface area contributed by atoms with Gasteiger partial charge in [-0.3, -0.25) is 0 Å². The molecule has 4 rings (SSSR count). The van der Waals surface area contributed by atoms with Crippen molar-refractivity contribution in [3.63, 3.8) is 0 Å². The van der Waals surface area contributed by atoms with Crippen molar-refractivity contribution < 1.29 is 18.7 Å². The van der Waals surface area contributed by atoms with Crippen molar-refractivity contribution in [2.75, 3.05) is 25.0 Å². The van der Waals surface area contributed by atoms with Crippen LogP contribution in [0.3, 0.4) is 0 Å². The molecule has 0 aromatic heterocycles. The number of hydrogen-bond donors (Lipinski definition) is 1. The van der Waals surface area contributed by atoms with Gasteiger partial charge in [0, 0.05) is 18.7 Å². The number of hydrogen-bond acceptors (Lipinski definition) is 4. The third kappa shape index (κ3) is 4.37. The first-order valence-corrected chi connectivity index (χ1v) is 10.6. The number of anilines is 1. The van der Waals surface area contributed by atoms with Gasteiger partial charge in [-0.15, -0.1) is 0 Å².